The molecular weight excluding hydrogens is 309 g/mol. The lowest BCUT2D eigenvalue weighted by atomic mass is 10.0. The fraction of sp³-hybridized carbons (Fsp3) is 0.611. The van der Waals surface area contributed by atoms with Gasteiger partial charge in [-0.25, -0.2) is 9.18 Å². The summed E-state index contributed by atoms with van der Waals surface area (Å²) in [5, 5.41) is 14.8. The van der Waals surface area contributed by atoms with E-state index in [-0.39, 0.29) is 30.4 Å². The lowest BCUT2D eigenvalue weighted by Gasteiger charge is -2.35. The molecule has 3 N–H and O–H groups in total. The number of aliphatic hydroxyl groups excluding tert-OH is 1. The number of halogens is 1. The number of hydrogen-bond donors (Lipinski definition) is 3. The molecule has 6 heteroatoms. The van der Waals surface area contributed by atoms with Gasteiger partial charge in [0, 0.05) is 38.0 Å². The summed E-state index contributed by atoms with van der Waals surface area (Å²) in [7, 11) is 0. The summed E-state index contributed by atoms with van der Waals surface area (Å²) in [5.41, 5.74) is 1.94. The van der Waals surface area contributed by atoms with Gasteiger partial charge >= 0.3 is 6.03 Å². The van der Waals surface area contributed by atoms with Gasteiger partial charge in [-0.2, -0.15) is 0 Å². The molecule has 2 amide bonds. The quantitative estimate of drug-likeness (QED) is 0.747. The normalized spacial score (nSPS) is 19.0. The van der Waals surface area contributed by atoms with Crippen LogP contribution in [0.25, 0.3) is 0 Å². The predicted octanol–water partition coefficient (Wildman–Crippen LogP) is 2.42. The number of nitrogens with zero attached hydrogens (tertiary/aromatic N) is 1. The van der Waals surface area contributed by atoms with Crippen molar-refractivity contribution in [2.75, 3.05) is 31.1 Å². The number of amides is 2. The summed E-state index contributed by atoms with van der Waals surface area (Å²) in [6, 6.07) is 4.75. The van der Waals surface area contributed by atoms with Crippen LogP contribution in [0.3, 0.4) is 0 Å². The Balaban J connectivity index is 1.85. The molecule has 24 heavy (non-hydrogen) atoms. The molecule has 2 atom stereocenters. The number of benzene rings is 1. The second kappa shape index (κ2) is 8.87. The molecule has 1 aromatic carbocycles. The minimum Gasteiger partial charge on any atom is -0.396 e. The minimum atomic E-state index is -0.223. The third-order valence-corrected chi connectivity index (χ3v) is 4.49. The highest BCUT2D eigenvalue weighted by Gasteiger charge is 2.22. The molecule has 0 spiro atoms. The minimum absolute atomic E-state index is 0.0800. The molecule has 0 bridgehead atoms. The molecule has 1 aliphatic heterocycles. The third-order valence-electron chi connectivity index (χ3n) is 4.49. The second-order valence-corrected chi connectivity index (χ2v) is 6.69. The molecule has 2 rings (SSSR count). The van der Waals surface area contributed by atoms with E-state index in [9.17, 15) is 9.18 Å². The van der Waals surface area contributed by atoms with Crippen LogP contribution in [0.15, 0.2) is 18.2 Å². The first-order valence-electron chi connectivity index (χ1n) is 8.66. The molecule has 0 aliphatic carbocycles. The highest BCUT2D eigenvalue weighted by Crippen LogP contribution is 2.24. The number of hydrogen-bond acceptors (Lipinski definition) is 3. The summed E-state index contributed by atoms with van der Waals surface area (Å²) in [5.74, 6) is 0.0322. The van der Waals surface area contributed by atoms with Crippen molar-refractivity contribution >= 4 is 11.7 Å². The van der Waals surface area contributed by atoms with E-state index in [4.69, 9.17) is 5.11 Å². The van der Waals surface area contributed by atoms with Crippen LogP contribution >= 0.6 is 0 Å². The largest absolute Gasteiger partial charge is 0.396 e. The molecule has 134 valence electrons. The van der Waals surface area contributed by atoms with Gasteiger partial charge in [0.1, 0.15) is 5.82 Å². The van der Waals surface area contributed by atoms with Crippen LogP contribution in [0.1, 0.15) is 31.7 Å². The maximum atomic E-state index is 13.3. The van der Waals surface area contributed by atoms with Crippen LogP contribution in [-0.4, -0.2) is 43.4 Å². The van der Waals surface area contributed by atoms with Crippen molar-refractivity contribution in [1.29, 1.82) is 0 Å². The lowest BCUT2D eigenvalue weighted by molar-refractivity contribution is 0.229. The van der Waals surface area contributed by atoms with Gasteiger partial charge in [-0.05, 0) is 55.9 Å². The van der Waals surface area contributed by atoms with Gasteiger partial charge in [0.15, 0.2) is 0 Å². The predicted molar refractivity (Wildman–Crippen MR) is 93.8 cm³/mol. The van der Waals surface area contributed by atoms with Crippen molar-refractivity contribution in [2.24, 2.45) is 5.92 Å². The van der Waals surface area contributed by atoms with Gasteiger partial charge in [0.05, 0.1) is 0 Å². The van der Waals surface area contributed by atoms with Crippen molar-refractivity contribution in [3.05, 3.63) is 29.6 Å². The molecule has 0 unspecified atom stereocenters. The Morgan fingerprint density at radius 3 is 3.00 bits per heavy atom. The SMILES string of the molecule is Cc1cc(F)ccc1N1CCC[C@H](NC(=O)NC[C@H](C)CCO)C1. The van der Waals surface area contributed by atoms with E-state index < -0.39 is 0 Å². The molecule has 1 fully saturated rings. The van der Waals surface area contributed by atoms with Crippen LogP contribution in [0.5, 0.6) is 0 Å². The van der Waals surface area contributed by atoms with Crippen molar-refractivity contribution in [3.63, 3.8) is 0 Å². The standard InChI is InChI=1S/C18H28FN3O2/c1-13(7-9-23)11-20-18(24)21-16-4-3-8-22(12-16)17-6-5-15(19)10-14(17)2/h5-6,10,13,16,23H,3-4,7-9,11-12H2,1-2H3,(H2,20,21,24)/t13-,16+/m1/s1. The number of carbonyl (C=O) groups excluding carboxylic acids is 1. The Labute approximate surface area is 143 Å². The maximum Gasteiger partial charge on any atom is 0.315 e. The average Bonchev–Trinajstić information content (AvgIpc) is 2.53. The lowest BCUT2D eigenvalue weighted by Crippen LogP contribution is -2.51. The number of nitrogens with one attached hydrogen (secondary N) is 2. The number of aliphatic hydroxyl groups is 1. The highest BCUT2D eigenvalue weighted by atomic mass is 19.1. The second-order valence-electron chi connectivity index (χ2n) is 6.69. The number of anilines is 1. The molecule has 1 aliphatic rings. The first-order valence-corrected chi connectivity index (χ1v) is 8.66. The number of aryl methyl sites for hydroxylation is 1. The molecule has 5 nitrogen and oxygen atoms in total. The Kier molecular flexibility index (Phi) is 6.85. The van der Waals surface area contributed by atoms with E-state index in [1.54, 1.807) is 6.07 Å². The number of carbonyl (C=O) groups is 1. The van der Waals surface area contributed by atoms with E-state index >= 15 is 0 Å². The Morgan fingerprint density at radius 1 is 1.50 bits per heavy atom. The fourth-order valence-corrected chi connectivity index (χ4v) is 3.11. The average molecular weight is 337 g/mol. The molecule has 0 saturated carbocycles. The zero-order valence-corrected chi connectivity index (χ0v) is 14.5. The summed E-state index contributed by atoms with van der Waals surface area (Å²) in [4.78, 5) is 14.2. The van der Waals surface area contributed by atoms with Gasteiger partial charge in [0.25, 0.3) is 0 Å². The molecular formula is C18H28FN3O2. The van der Waals surface area contributed by atoms with E-state index in [2.05, 4.69) is 15.5 Å². The molecule has 0 radical (unpaired) electrons. The van der Waals surface area contributed by atoms with Gasteiger partial charge in [0.2, 0.25) is 0 Å². The summed E-state index contributed by atoms with van der Waals surface area (Å²) < 4.78 is 13.3. The van der Waals surface area contributed by atoms with Crippen LogP contribution in [-0.2, 0) is 0 Å². The van der Waals surface area contributed by atoms with Gasteiger partial charge in [-0.15, -0.1) is 0 Å². The van der Waals surface area contributed by atoms with Crippen molar-refractivity contribution in [2.45, 2.75) is 39.2 Å². The maximum absolute atomic E-state index is 13.3. The van der Waals surface area contributed by atoms with Gasteiger partial charge in [-0.3, -0.25) is 0 Å². The Morgan fingerprint density at radius 2 is 2.29 bits per heavy atom. The number of rotatable bonds is 6. The summed E-state index contributed by atoms with van der Waals surface area (Å²) >= 11 is 0. The first kappa shape index (κ1) is 18.5. The van der Waals surface area contributed by atoms with Crippen molar-refractivity contribution in [1.82, 2.24) is 10.6 Å². The summed E-state index contributed by atoms with van der Waals surface area (Å²) in [6.45, 7) is 6.24. The van der Waals surface area contributed by atoms with Gasteiger partial charge in [-0.1, -0.05) is 6.92 Å². The van der Waals surface area contributed by atoms with E-state index in [0.717, 1.165) is 37.2 Å². The van der Waals surface area contributed by atoms with Crippen LogP contribution in [0.2, 0.25) is 0 Å². The highest BCUT2D eigenvalue weighted by molar-refractivity contribution is 5.74. The fourth-order valence-electron chi connectivity index (χ4n) is 3.11. The molecule has 1 saturated heterocycles. The van der Waals surface area contributed by atoms with E-state index in [1.165, 1.54) is 6.07 Å². The number of piperidine rings is 1. The molecule has 0 aromatic heterocycles. The zero-order chi connectivity index (χ0) is 17.5. The van der Waals surface area contributed by atoms with Crippen LogP contribution in [0.4, 0.5) is 14.9 Å². The monoisotopic (exact) mass is 337 g/mol. The van der Waals surface area contributed by atoms with Crippen LogP contribution < -0.4 is 15.5 Å². The number of urea groups is 1. The van der Waals surface area contributed by atoms with Crippen molar-refractivity contribution in [3.8, 4) is 0 Å². The first-order chi connectivity index (χ1) is 11.5. The smallest absolute Gasteiger partial charge is 0.315 e. The zero-order valence-electron chi connectivity index (χ0n) is 14.5. The molecule has 1 heterocycles. The van der Waals surface area contributed by atoms with Crippen LogP contribution in [0, 0.1) is 18.7 Å². The Hall–Kier alpha value is -1.82. The van der Waals surface area contributed by atoms with E-state index in [1.807, 2.05) is 19.9 Å². The third kappa shape index (κ3) is 5.37. The van der Waals surface area contributed by atoms with Gasteiger partial charge < -0.3 is 20.6 Å². The topological polar surface area (TPSA) is 64.6 Å². The summed E-state index contributed by atoms with van der Waals surface area (Å²) in [6.07, 6.45) is 2.61. The Bertz CT molecular complexity index is 553. The van der Waals surface area contributed by atoms with E-state index in [0.29, 0.717) is 13.0 Å². The molecule has 1 aromatic rings. The van der Waals surface area contributed by atoms with Crippen molar-refractivity contribution < 1.29 is 14.3 Å².